The summed E-state index contributed by atoms with van der Waals surface area (Å²) in [5.74, 6) is 0.437. The van der Waals surface area contributed by atoms with Crippen LogP contribution in [0.5, 0.6) is 0 Å². The molecule has 1 aromatic heterocycles. The first-order valence-electron chi connectivity index (χ1n) is 6.52. The summed E-state index contributed by atoms with van der Waals surface area (Å²) >= 11 is 6.76. The Kier molecular flexibility index (Phi) is 5.76. The van der Waals surface area contributed by atoms with Crippen LogP contribution in [0.3, 0.4) is 0 Å². The van der Waals surface area contributed by atoms with Crippen LogP contribution in [0.1, 0.15) is 22.8 Å². The van der Waals surface area contributed by atoms with Crippen LogP contribution in [0.15, 0.2) is 45.5 Å². The monoisotopic (exact) mass is 411 g/mol. The van der Waals surface area contributed by atoms with Gasteiger partial charge < -0.3 is 10.6 Å². The predicted molar refractivity (Wildman–Crippen MR) is 91.4 cm³/mol. The largest absolute Gasteiger partial charge is 0.370 e. The minimum atomic E-state index is -0.153. The highest BCUT2D eigenvalue weighted by molar-refractivity contribution is 9.10. The normalized spacial score (nSPS) is 10.2. The summed E-state index contributed by atoms with van der Waals surface area (Å²) in [7, 11) is 0. The van der Waals surface area contributed by atoms with E-state index in [1.165, 1.54) is 0 Å². The van der Waals surface area contributed by atoms with E-state index in [0.29, 0.717) is 24.5 Å². The summed E-state index contributed by atoms with van der Waals surface area (Å²) in [5.41, 5.74) is 1.56. The first-order chi connectivity index (χ1) is 10.1. The maximum absolute atomic E-state index is 12.3. The van der Waals surface area contributed by atoms with Gasteiger partial charge in [-0.25, -0.2) is 4.98 Å². The number of benzene rings is 1. The molecule has 2 aromatic rings. The number of carbonyl (C=O) groups is 1. The molecule has 0 saturated heterocycles. The Morgan fingerprint density at radius 1 is 1.24 bits per heavy atom. The maximum atomic E-state index is 12.3. The molecule has 0 radical (unpaired) electrons. The molecule has 1 aromatic carbocycles. The molecule has 2 N–H and O–H groups in total. The van der Waals surface area contributed by atoms with E-state index < -0.39 is 0 Å². The molecular formula is C15H15Br2N3O. The molecular weight excluding hydrogens is 398 g/mol. The van der Waals surface area contributed by atoms with E-state index in [1.54, 1.807) is 12.3 Å². The van der Waals surface area contributed by atoms with Gasteiger partial charge in [0.2, 0.25) is 0 Å². The lowest BCUT2D eigenvalue weighted by Gasteiger charge is -2.11. The van der Waals surface area contributed by atoms with Crippen molar-refractivity contribution < 1.29 is 4.79 Å². The summed E-state index contributed by atoms with van der Waals surface area (Å²) in [6, 6.07) is 9.60. The van der Waals surface area contributed by atoms with Crippen LogP contribution in [-0.4, -0.2) is 17.4 Å². The quantitative estimate of drug-likeness (QED) is 0.781. The zero-order valence-corrected chi connectivity index (χ0v) is 14.7. The molecule has 1 heterocycles. The molecule has 0 aliphatic heterocycles. The van der Waals surface area contributed by atoms with Crippen LogP contribution in [0, 0.1) is 0 Å². The summed E-state index contributed by atoms with van der Waals surface area (Å²) in [6.45, 7) is 3.14. The first kappa shape index (κ1) is 16.0. The molecule has 6 heteroatoms. The van der Waals surface area contributed by atoms with Crippen molar-refractivity contribution in [2.75, 3.05) is 11.9 Å². The second kappa shape index (κ2) is 7.56. The van der Waals surface area contributed by atoms with Crippen molar-refractivity contribution in [1.29, 1.82) is 0 Å². The minimum absolute atomic E-state index is 0.153. The molecule has 0 aliphatic rings. The number of hydrogen-bond acceptors (Lipinski definition) is 3. The zero-order chi connectivity index (χ0) is 15.2. The van der Waals surface area contributed by atoms with Crippen LogP contribution in [-0.2, 0) is 6.54 Å². The van der Waals surface area contributed by atoms with Crippen molar-refractivity contribution in [2.24, 2.45) is 0 Å². The number of amides is 1. The highest BCUT2D eigenvalue weighted by Crippen LogP contribution is 2.18. The van der Waals surface area contributed by atoms with E-state index >= 15 is 0 Å². The predicted octanol–water partition coefficient (Wildman–Crippen LogP) is 3.97. The van der Waals surface area contributed by atoms with Crippen molar-refractivity contribution in [3.63, 3.8) is 0 Å². The van der Waals surface area contributed by atoms with Gasteiger partial charge in [0.05, 0.1) is 5.56 Å². The highest BCUT2D eigenvalue weighted by atomic mass is 79.9. The van der Waals surface area contributed by atoms with E-state index in [2.05, 4.69) is 47.5 Å². The average Bonchev–Trinajstić information content (AvgIpc) is 2.47. The maximum Gasteiger partial charge on any atom is 0.255 e. The van der Waals surface area contributed by atoms with E-state index in [4.69, 9.17) is 0 Å². The molecule has 2 rings (SSSR count). The lowest BCUT2D eigenvalue weighted by Crippen LogP contribution is -2.24. The third-order valence-corrected chi connectivity index (χ3v) is 3.71. The van der Waals surface area contributed by atoms with Crippen molar-refractivity contribution >= 4 is 43.6 Å². The first-order valence-corrected chi connectivity index (χ1v) is 8.11. The molecule has 0 bridgehead atoms. The fourth-order valence-electron chi connectivity index (χ4n) is 1.85. The number of carbonyl (C=O) groups excluding carboxylic acids is 1. The third-order valence-electron chi connectivity index (χ3n) is 2.79. The van der Waals surface area contributed by atoms with Gasteiger partial charge in [-0.3, -0.25) is 4.79 Å². The standard InChI is InChI=1S/C15H15Br2N3O/c1-2-18-14-13(7-12(17)9-19-14)15(21)20-8-10-4-3-5-11(16)6-10/h3-7,9H,2,8H2,1H3,(H,18,19)(H,20,21). The number of halogens is 2. The van der Waals surface area contributed by atoms with Gasteiger partial charge in [0.15, 0.2) is 0 Å². The van der Waals surface area contributed by atoms with Gasteiger partial charge in [-0.2, -0.15) is 0 Å². The number of hydrogen-bond donors (Lipinski definition) is 2. The fourth-order valence-corrected chi connectivity index (χ4v) is 2.62. The van der Waals surface area contributed by atoms with Gasteiger partial charge >= 0.3 is 0 Å². The van der Waals surface area contributed by atoms with Crippen LogP contribution in [0.2, 0.25) is 0 Å². The lowest BCUT2D eigenvalue weighted by atomic mass is 10.2. The van der Waals surface area contributed by atoms with E-state index in [0.717, 1.165) is 14.5 Å². The smallest absolute Gasteiger partial charge is 0.255 e. The Morgan fingerprint density at radius 3 is 2.76 bits per heavy atom. The van der Waals surface area contributed by atoms with Gasteiger partial charge in [0.1, 0.15) is 5.82 Å². The van der Waals surface area contributed by atoms with E-state index in [9.17, 15) is 4.79 Å². The Balaban J connectivity index is 2.11. The number of anilines is 1. The minimum Gasteiger partial charge on any atom is -0.370 e. The number of nitrogens with one attached hydrogen (secondary N) is 2. The Labute approximate surface area is 140 Å². The SMILES string of the molecule is CCNc1ncc(Br)cc1C(=O)NCc1cccc(Br)c1. The summed E-state index contributed by atoms with van der Waals surface area (Å²) in [4.78, 5) is 16.6. The molecule has 1 amide bonds. The fraction of sp³-hybridized carbons (Fsp3) is 0.200. The second-order valence-electron chi connectivity index (χ2n) is 4.39. The van der Waals surface area contributed by atoms with Gasteiger partial charge in [0.25, 0.3) is 5.91 Å². The van der Waals surface area contributed by atoms with Crippen molar-refractivity contribution in [3.05, 3.63) is 56.6 Å². The van der Waals surface area contributed by atoms with Crippen LogP contribution in [0.4, 0.5) is 5.82 Å². The zero-order valence-electron chi connectivity index (χ0n) is 11.5. The summed E-state index contributed by atoms with van der Waals surface area (Å²) in [6.07, 6.45) is 1.67. The lowest BCUT2D eigenvalue weighted by molar-refractivity contribution is 0.0951. The number of pyridine rings is 1. The summed E-state index contributed by atoms with van der Waals surface area (Å²) < 4.78 is 1.77. The topological polar surface area (TPSA) is 54.0 Å². The van der Waals surface area contributed by atoms with E-state index in [1.807, 2.05) is 31.2 Å². The Hall–Kier alpha value is -1.40. The number of aromatic nitrogens is 1. The molecule has 110 valence electrons. The van der Waals surface area contributed by atoms with Gasteiger partial charge in [0, 0.05) is 28.2 Å². The molecule has 4 nitrogen and oxygen atoms in total. The van der Waals surface area contributed by atoms with Crippen molar-refractivity contribution in [2.45, 2.75) is 13.5 Å². The molecule has 0 spiro atoms. The summed E-state index contributed by atoms with van der Waals surface area (Å²) in [5, 5.41) is 6.00. The van der Waals surface area contributed by atoms with Crippen molar-refractivity contribution in [1.82, 2.24) is 10.3 Å². The average molecular weight is 413 g/mol. The molecule has 0 fully saturated rings. The van der Waals surface area contributed by atoms with Crippen LogP contribution >= 0.6 is 31.9 Å². The Bertz CT molecular complexity index is 647. The van der Waals surface area contributed by atoms with Gasteiger partial charge in [-0.05, 0) is 46.6 Å². The number of nitrogens with zero attached hydrogens (tertiary/aromatic N) is 1. The van der Waals surface area contributed by atoms with Gasteiger partial charge in [-0.15, -0.1) is 0 Å². The molecule has 0 aliphatic carbocycles. The Morgan fingerprint density at radius 2 is 2.05 bits per heavy atom. The van der Waals surface area contributed by atoms with Crippen LogP contribution < -0.4 is 10.6 Å². The van der Waals surface area contributed by atoms with Crippen molar-refractivity contribution in [3.8, 4) is 0 Å². The van der Waals surface area contributed by atoms with E-state index in [-0.39, 0.29) is 5.91 Å². The molecule has 0 saturated carbocycles. The van der Waals surface area contributed by atoms with Gasteiger partial charge in [-0.1, -0.05) is 28.1 Å². The number of rotatable bonds is 5. The highest BCUT2D eigenvalue weighted by Gasteiger charge is 2.12. The molecule has 0 unspecified atom stereocenters. The van der Waals surface area contributed by atoms with Crippen LogP contribution in [0.25, 0.3) is 0 Å². The third kappa shape index (κ3) is 4.54. The molecule has 0 atom stereocenters. The molecule has 21 heavy (non-hydrogen) atoms. The second-order valence-corrected chi connectivity index (χ2v) is 6.22.